The smallest absolute Gasteiger partial charge is 0.0243 e. The fourth-order valence-corrected chi connectivity index (χ4v) is 3.51. The summed E-state index contributed by atoms with van der Waals surface area (Å²) in [6.07, 6.45) is 14.7. The molecule has 0 bridgehead atoms. The second-order valence-electron chi connectivity index (χ2n) is 6.12. The predicted molar refractivity (Wildman–Crippen MR) is 78.4 cm³/mol. The van der Waals surface area contributed by atoms with Gasteiger partial charge in [0.15, 0.2) is 0 Å². The van der Waals surface area contributed by atoms with Crippen molar-refractivity contribution in [3.05, 3.63) is 0 Å². The van der Waals surface area contributed by atoms with Gasteiger partial charge in [0.1, 0.15) is 0 Å². The van der Waals surface area contributed by atoms with E-state index < -0.39 is 0 Å². The van der Waals surface area contributed by atoms with Crippen LogP contribution in [0.4, 0.5) is 0 Å². The van der Waals surface area contributed by atoms with Crippen LogP contribution in [0.3, 0.4) is 0 Å². The molecule has 0 amide bonds. The number of hydrogen-bond donors (Lipinski definition) is 1. The van der Waals surface area contributed by atoms with E-state index in [1.54, 1.807) is 0 Å². The molecule has 0 aromatic rings. The third kappa shape index (κ3) is 4.32. The topological polar surface area (TPSA) is 12.0 Å². The van der Waals surface area contributed by atoms with Gasteiger partial charge in [0.2, 0.25) is 0 Å². The van der Waals surface area contributed by atoms with Gasteiger partial charge in [-0.3, -0.25) is 0 Å². The number of nitrogens with one attached hydrogen (secondary N) is 1. The van der Waals surface area contributed by atoms with Crippen molar-refractivity contribution in [2.24, 2.45) is 5.92 Å². The van der Waals surface area contributed by atoms with E-state index in [9.17, 15) is 0 Å². The molecule has 2 fully saturated rings. The van der Waals surface area contributed by atoms with E-state index in [-0.39, 0.29) is 0 Å². The monoisotopic (exact) mass is 247 g/mol. The Hall–Kier alpha value is -0.480. The van der Waals surface area contributed by atoms with E-state index in [0.29, 0.717) is 6.04 Å². The largest absolute Gasteiger partial charge is 0.310 e. The molecule has 2 aliphatic rings. The first-order chi connectivity index (χ1) is 8.90. The summed E-state index contributed by atoms with van der Waals surface area (Å²) in [5.41, 5.74) is 0. The Morgan fingerprint density at radius 2 is 1.94 bits per heavy atom. The van der Waals surface area contributed by atoms with Gasteiger partial charge in [0.25, 0.3) is 0 Å². The Bertz CT molecular complexity index is 272. The summed E-state index contributed by atoms with van der Waals surface area (Å²) in [7, 11) is 0. The van der Waals surface area contributed by atoms with Gasteiger partial charge >= 0.3 is 0 Å². The third-order valence-corrected chi connectivity index (χ3v) is 4.57. The van der Waals surface area contributed by atoms with Crippen molar-refractivity contribution in [2.45, 2.75) is 89.6 Å². The molecule has 1 aliphatic carbocycles. The molecule has 0 unspecified atom stereocenters. The number of unbranched alkanes of at least 4 members (excludes halogenated alkanes) is 4. The van der Waals surface area contributed by atoms with Gasteiger partial charge < -0.3 is 5.32 Å². The van der Waals surface area contributed by atoms with Crippen molar-refractivity contribution in [1.29, 1.82) is 0 Å². The number of fused-ring (bicyclic) bond motifs is 1. The van der Waals surface area contributed by atoms with Gasteiger partial charge in [-0.15, -0.1) is 11.8 Å². The minimum Gasteiger partial charge on any atom is -0.310 e. The summed E-state index contributed by atoms with van der Waals surface area (Å²) in [4.78, 5) is 0. The lowest BCUT2D eigenvalue weighted by Gasteiger charge is -2.24. The second-order valence-corrected chi connectivity index (χ2v) is 6.12. The van der Waals surface area contributed by atoms with E-state index in [4.69, 9.17) is 0 Å². The van der Waals surface area contributed by atoms with Crippen LogP contribution in [0.1, 0.15) is 77.6 Å². The maximum absolute atomic E-state index is 3.80. The standard InChI is InChI=1S/C17H29N/c1-2-3-4-5-6-7-8-12-16-14-15-11-9-10-13-17(15)18-16/h15-18H,2-6,9-14H2,1H3/t15-,16+,17-/m1/s1. The average molecular weight is 247 g/mol. The summed E-state index contributed by atoms with van der Waals surface area (Å²) in [5.74, 6) is 7.73. The van der Waals surface area contributed by atoms with Crippen molar-refractivity contribution < 1.29 is 0 Å². The molecule has 1 nitrogen and oxygen atoms in total. The van der Waals surface area contributed by atoms with Crippen LogP contribution in [0.15, 0.2) is 0 Å². The molecule has 1 saturated carbocycles. The van der Waals surface area contributed by atoms with E-state index >= 15 is 0 Å². The van der Waals surface area contributed by atoms with Gasteiger partial charge in [-0.1, -0.05) is 39.0 Å². The van der Waals surface area contributed by atoms with Gasteiger partial charge in [0.05, 0.1) is 0 Å². The SMILES string of the molecule is CCCCCCC#CC[C@H]1C[C@H]2CCCC[C@H]2N1. The molecule has 1 saturated heterocycles. The van der Waals surface area contributed by atoms with E-state index in [0.717, 1.165) is 24.8 Å². The van der Waals surface area contributed by atoms with Crippen LogP contribution in [0.5, 0.6) is 0 Å². The predicted octanol–water partition coefficient (Wildman–Crippen LogP) is 4.27. The van der Waals surface area contributed by atoms with Gasteiger partial charge in [-0.25, -0.2) is 0 Å². The van der Waals surface area contributed by atoms with Crippen molar-refractivity contribution in [1.82, 2.24) is 5.32 Å². The molecule has 0 spiro atoms. The fourth-order valence-electron chi connectivity index (χ4n) is 3.51. The molecule has 102 valence electrons. The molecule has 3 atom stereocenters. The zero-order chi connectivity index (χ0) is 12.6. The Morgan fingerprint density at radius 3 is 2.78 bits per heavy atom. The molecular weight excluding hydrogens is 218 g/mol. The minimum atomic E-state index is 0.696. The van der Waals surface area contributed by atoms with Crippen molar-refractivity contribution >= 4 is 0 Å². The minimum absolute atomic E-state index is 0.696. The maximum atomic E-state index is 3.80. The lowest BCUT2D eigenvalue weighted by atomic mass is 9.85. The number of hydrogen-bond acceptors (Lipinski definition) is 1. The molecular formula is C17H29N. The summed E-state index contributed by atoms with van der Waals surface area (Å²) >= 11 is 0. The van der Waals surface area contributed by atoms with Crippen molar-refractivity contribution in [2.75, 3.05) is 0 Å². The second kappa shape index (κ2) is 7.85. The molecule has 0 aromatic heterocycles. The molecule has 1 aliphatic heterocycles. The summed E-state index contributed by atoms with van der Waals surface area (Å²) in [6.45, 7) is 2.26. The van der Waals surface area contributed by atoms with Crippen LogP contribution >= 0.6 is 0 Å². The normalized spacial score (nSPS) is 30.6. The molecule has 1 heterocycles. The van der Waals surface area contributed by atoms with E-state index in [1.165, 1.54) is 57.8 Å². The van der Waals surface area contributed by atoms with Crippen LogP contribution < -0.4 is 5.32 Å². The van der Waals surface area contributed by atoms with Gasteiger partial charge in [-0.05, 0) is 31.6 Å². The zero-order valence-corrected chi connectivity index (χ0v) is 12.0. The highest BCUT2D eigenvalue weighted by molar-refractivity contribution is 5.04. The van der Waals surface area contributed by atoms with Crippen LogP contribution in [-0.2, 0) is 0 Å². The van der Waals surface area contributed by atoms with Gasteiger partial charge in [0, 0.05) is 24.9 Å². The van der Waals surface area contributed by atoms with Gasteiger partial charge in [-0.2, -0.15) is 0 Å². The highest BCUT2D eigenvalue weighted by atomic mass is 15.0. The molecule has 18 heavy (non-hydrogen) atoms. The Balaban J connectivity index is 1.58. The molecule has 2 rings (SSSR count). The van der Waals surface area contributed by atoms with Crippen LogP contribution in [0.25, 0.3) is 0 Å². The fraction of sp³-hybridized carbons (Fsp3) is 0.882. The molecule has 1 N–H and O–H groups in total. The Kier molecular flexibility index (Phi) is 6.08. The first-order valence-corrected chi connectivity index (χ1v) is 8.12. The quantitative estimate of drug-likeness (QED) is 0.565. The Morgan fingerprint density at radius 1 is 1.06 bits per heavy atom. The molecule has 0 radical (unpaired) electrons. The first-order valence-electron chi connectivity index (χ1n) is 8.12. The van der Waals surface area contributed by atoms with Crippen LogP contribution in [-0.4, -0.2) is 12.1 Å². The summed E-state index contributed by atoms with van der Waals surface area (Å²) in [6, 6.07) is 1.52. The zero-order valence-electron chi connectivity index (χ0n) is 12.0. The average Bonchev–Trinajstić information content (AvgIpc) is 2.80. The van der Waals surface area contributed by atoms with E-state index in [2.05, 4.69) is 24.1 Å². The third-order valence-electron chi connectivity index (χ3n) is 4.57. The highest BCUT2D eigenvalue weighted by Crippen LogP contribution is 2.33. The van der Waals surface area contributed by atoms with Crippen molar-refractivity contribution in [3.63, 3.8) is 0 Å². The highest BCUT2D eigenvalue weighted by Gasteiger charge is 2.34. The summed E-state index contributed by atoms with van der Waals surface area (Å²) in [5, 5.41) is 3.80. The number of rotatable bonds is 5. The van der Waals surface area contributed by atoms with Crippen molar-refractivity contribution in [3.8, 4) is 11.8 Å². The molecule has 1 heteroatoms. The van der Waals surface area contributed by atoms with Crippen LogP contribution in [0.2, 0.25) is 0 Å². The van der Waals surface area contributed by atoms with E-state index in [1.807, 2.05) is 0 Å². The lowest BCUT2D eigenvalue weighted by Crippen LogP contribution is -2.32. The maximum Gasteiger partial charge on any atom is 0.0243 e. The lowest BCUT2D eigenvalue weighted by molar-refractivity contribution is 0.325. The Labute approximate surface area is 113 Å². The first kappa shape index (κ1) is 13.9. The van der Waals surface area contributed by atoms with Crippen LogP contribution in [0, 0.1) is 17.8 Å². The molecule has 0 aromatic carbocycles. The summed E-state index contributed by atoms with van der Waals surface area (Å²) < 4.78 is 0.